The van der Waals surface area contributed by atoms with Gasteiger partial charge >= 0.3 is 0 Å². The highest BCUT2D eigenvalue weighted by Gasteiger charge is 2.19. The number of nitrogens with zero attached hydrogens (tertiary/aromatic N) is 2. The molecule has 2 rings (SSSR count). The van der Waals surface area contributed by atoms with E-state index in [-0.39, 0.29) is 5.78 Å². The molecule has 2 aromatic rings. The number of carbonyl (C=O) groups is 1. The standard InChI is InChI=1S/C13H11BrCl2N2O2/c1-20-5-4-18-12(9(14)7-17-18)13(19)8-2-3-10(15)11(16)6-8/h2-3,6-7H,4-5H2,1H3. The first-order valence-electron chi connectivity index (χ1n) is 5.74. The molecule has 4 nitrogen and oxygen atoms in total. The van der Waals surface area contributed by atoms with Crippen molar-refractivity contribution in [1.82, 2.24) is 9.78 Å². The summed E-state index contributed by atoms with van der Waals surface area (Å²) in [6.07, 6.45) is 1.58. The van der Waals surface area contributed by atoms with Gasteiger partial charge in [-0.25, -0.2) is 0 Å². The summed E-state index contributed by atoms with van der Waals surface area (Å²) in [5.41, 5.74) is 0.916. The average Bonchev–Trinajstić information content (AvgIpc) is 2.80. The number of ketones is 1. The van der Waals surface area contributed by atoms with E-state index in [1.165, 1.54) is 0 Å². The summed E-state index contributed by atoms with van der Waals surface area (Å²) in [6, 6.07) is 4.78. The highest BCUT2D eigenvalue weighted by atomic mass is 79.9. The van der Waals surface area contributed by atoms with E-state index in [0.717, 1.165) is 0 Å². The molecular formula is C13H11BrCl2N2O2. The fourth-order valence-corrected chi connectivity index (χ4v) is 2.48. The van der Waals surface area contributed by atoms with Gasteiger partial charge in [-0.3, -0.25) is 9.48 Å². The van der Waals surface area contributed by atoms with Crippen LogP contribution in [0.15, 0.2) is 28.9 Å². The minimum Gasteiger partial charge on any atom is -0.383 e. The average molecular weight is 378 g/mol. The normalized spacial score (nSPS) is 10.8. The maximum absolute atomic E-state index is 12.5. The number of carbonyl (C=O) groups excluding carboxylic acids is 1. The maximum Gasteiger partial charge on any atom is 0.212 e. The largest absolute Gasteiger partial charge is 0.383 e. The number of hydrogen-bond donors (Lipinski definition) is 0. The van der Waals surface area contributed by atoms with Crippen molar-refractivity contribution in [2.45, 2.75) is 6.54 Å². The second-order valence-electron chi connectivity index (χ2n) is 4.02. The molecule has 0 saturated heterocycles. The van der Waals surface area contributed by atoms with Crippen molar-refractivity contribution in [3.05, 3.63) is 50.2 Å². The quantitative estimate of drug-likeness (QED) is 0.743. The number of hydrogen-bond acceptors (Lipinski definition) is 3. The van der Waals surface area contributed by atoms with Crippen LogP contribution in [0.4, 0.5) is 0 Å². The van der Waals surface area contributed by atoms with Gasteiger partial charge in [-0.2, -0.15) is 5.10 Å². The minimum atomic E-state index is -0.177. The molecule has 0 spiro atoms. The molecule has 0 aliphatic carbocycles. The summed E-state index contributed by atoms with van der Waals surface area (Å²) in [6.45, 7) is 0.959. The van der Waals surface area contributed by atoms with Gasteiger partial charge < -0.3 is 4.74 Å². The number of rotatable bonds is 5. The zero-order valence-electron chi connectivity index (χ0n) is 10.6. The van der Waals surface area contributed by atoms with Crippen LogP contribution >= 0.6 is 39.1 Å². The van der Waals surface area contributed by atoms with Crippen LogP contribution in [0.3, 0.4) is 0 Å². The van der Waals surface area contributed by atoms with Gasteiger partial charge in [0.2, 0.25) is 5.78 Å². The number of benzene rings is 1. The zero-order chi connectivity index (χ0) is 14.7. The number of halogens is 3. The Morgan fingerprint density at radius 1 is 1.40 bits per heavy atom. The van der Waals surface area contributed by atoms with E-state index < -0.39 is 0 Å². The third-order valence-electron chi connectivity index (χ3n) is 2.70. The second kappa shape index (κ2) is 6.72. The predicted molar refractivity (Wildman–Crippen MR) is 81.7 cm³/mol. The van der Waals surface area contributed by atoms with Gasteiger partial charge in [-0.05, 0) is 34.1 Å². The highest BCUT2D eigenvalue weighted by molar-refractivity contribution is 9.10. The Labute approximate surface area is 134 Å². The maximum atomic E-state index is 12.5. The van der Waals surface area contributed by atoms with Gasteiger partial charge in [-0.15, -0.1) is 0 Å². The minimum absolute atomic E-state index is 0.177. The monoisotopic (exact) mass is 376 g/mol. The summed E-state index contributed by atoms with van der Waals surface area (Å²) in [5.74, 6) is -0.177. The Balaban J connectivity index is 2.37. The predicted octanol–water partition coefficient (Wildman–Crippen LogP) is 3.83. The Morgan fingerprint density at radius 2 is 2.15 bits per heavy atom. The van der Waals surface area contributed by atoms with E-state index in [0.29, 0.717) is 38.9 Å². The molecule has 0 radical (unpaired) electrons. The molecular weight excluding hydrogens is 367 g/mol. The molecule has 0 atom stereocenters. The van der Waals surface area contributed by atoms with Crippen molar-refractivity contribution in [3.63, 3.8) is 0 Å². The summed E-state index contributed by atoms with van der Waals surface area (Å²) in [5, 5.41) is 4.91. The van der Waals surface area contributed by atoms with Gasteiger partial charge in [0.25, 0.3) is 0 Å². The zero-order valence-corrected chi connectivity index (χ0v) is 13.7. The Hall–Kier alpha value is -0.880. The summed E-state index contributed by atoms with van der Waals surface area (Å²) < 4.78 is 7.23. The molecule has 0 aliphatic heterocycles. The van der Waals surface area contributed by atoms with E-state index in [2.05, 4.69) is 21.0 Å². The molecule has 20 heavy (non-hydrogen) atoms. The topological polar surface area (TPSA) is 44.1 Å². The lowest BCUT2D eigenvalue weighted by molar-refractivity contribution is 0.102. The van der Waals surface area contributed by atoms with Crippen LogP contribution in [-0.4, -0.2) is 29.3 Å². The van der Waals surface area contributed by atoms with Crippen LogP contribution in [0.25, 0.3) is 0 Å². The first kappa shape index (κ1) is 15.5. The lowest BCUT2D eigenvalue weighted by Gasteiger charge is -2.07. The van der Waals surface area contributed by atoms with Crippen molar-refractivity contribution >= 4 is 44.9 Å². The molecule has 1 aromatic carbocycles. The molecule has 1 aromatic heterocycles. The number of ether oxygens (including phenoxy) is 1. The fourth-order valence-electron chi connectivity index (χ4n) is 1.71. The summed E-state index contributed by atoms with van der Waals surface area (Å²) in [7, 11) is 1.60. The van der Waals surface area contributed by atoms with Crippen LogP contribution in [0.2, 0.25) is 10.0 Å². The van der Waals surface area contributed by atoms with E-state index in [1.807, 2.05) is 0 Å². The third kappa shape index (κ3) is 3.23. The Morgan fingerprint density at radius 3 is 2.80 bits per heavy atom. The molecule has 0 saturated carbocycles. The summed E-state index contributed by atoms with van der Waals surface area (Å²) in [4.78, 5) is 12.5. The van der Waals surface area contributed by atoms with E-state index in [1.54, 1.807) is 36.2 Å². The van der Waals surface area contributed by atoms with E-state index in [9.17, 15) is 4.79 Å². The van der Waals surface area contributed by atoms with Crippen LogP contribution in [0, 0.1) is 0 Å². The second-order valence-corrected chi connectivity index (χ2v) is 5.68. The molecule has 0 bridgehead atoms. The van der Waals surface area contributed by atoms with Crippen LogP contribution in [0.5, 0.6) is 0 Å². The van der Waals surface area contributed by atoms with Crippen molar-refractivity contribution in [2.75, 3.05) is 13.7 Å². The number of methoxy groups -OCH3 is 1. The molecule has 106 valence electrons. The van der Waals surface area contributed by atoms with Crippen molar-refractivity contribution in [3.8, 4) is 0 Å². The van der Waals surface area contributed by atoms with Crippen molar-refractivity contribution in [2.24, 2.45) is 0 Å². The fraction of sp³-hybridized carbons (Fsp3) is 0.231. The van der Waals surface area contributed by atoms with Crippen LogP contribution < -0.4 is 0 Å². The third-order valence-corrected chi connectivity index (χ3v) is 4.02. The van der Waals surface area contributed by atoms with E-state index >= 15 is 0 Å². The van der Waals surface area contributed by atoms with Crippen molar-refractivity contribution in [1.29, 1.82) is 0 Å². The molecule has 1 heterocycles. The SMILES string of the molecule is COCCn1ncc(Br)c1C(=O)c1ccc(Cl)c(Cl)c1. The Bertz CT molecular complexity index is 643. The molecule has 0 amide bonds. The van der Waals surface area contributed by atoms with Gasteiger partial charge in [0.05, 0.1) is 33.9 Å². The lowest BCUT2D eigenvalue weighted by atomic mass is 10.1. The molecule has 0 aliphatic rings. The smallest absolute Gasteiger partial charge is 0.212 e. The van der Waals surface area contributed by atoms with Crippen molar-refractivity contribution < 1.29 is 9.53 Å². The van der Waals surface area contributed by atoms with E-state index in [4.69, 9.17) is 27.9 Å². The highest BCUT2D eigenvalue weighted by Crippen LogP contribution is 2.26. The first-order chi connectivity index (χ1) is 9.54. The molecule has 0 fully saturated rings. The molecule has 0 N–H and O–H groups in total. The first-order valence-corrected chi connectivity index (χ1v) is 7.29. The van der Waals surface area contributed by atoms with Crippen LogP contribution in [-0.2, 0) is 11.3 Å². The van der Waals surface area contributed by atoms with Gasteiger partial charge in [0.1, 0.15) is 5.69 Å². The van der Waals surface area contributed by atoms with Gasteiger partial charge in [0.15, 0.2) is 0 Å². The van der Waals surface area contributed by atoms with Gasteiger partial charge in [-0.1, -0.05) is 23.2 Å². The van der Waals surface area contributed by atoms with Gasteiger partial charge in [0, 0.05) is 12.7 Å². The molecule has 7 heteroatoms. The van der Waals surface area contributed by atoms with Crippen LogP contribution in [0.1, 0.15) is 16.1 Å². The summed E-state index contributed by atoms with van der Waals surface area (Å²) >= 11 is 15.1. The lowest BCUT2D eigenvalue weighted by Crippen LogP contribution is -2.14. The Kier molecular flexibility index (Phi) is 5.21. The molecule has 0 unspecified atom stereocenters. The number of aromatic nitrogens is 2.